The van der Waals surface area contributed by atoms with Crippen LogP contribution in [0.15, 0.2) is 29.4 Å². The number of pyridine rings is 1. The fourth-order valence-corrected chi connectivity index (χ4v) is 0.930. The molecule has 57 valence electrons. The van der Waals surface area contributed by atoms with Crippen LogP contribution in [-0.4, -0.2) is 26.4 Å². The van der Waals surface area contributed by atoms with Gasteiger partial charge in [-0.25, -0.2) is 8.42 Å². The second-order valence-corrected chi connectivity index (χ2v) is 3.02. The van der Waals surface area contributed by atoms with Gasteiger partial charge in [-0.05, 0) is 12.1 Å². The van der Waals surface area contributed by atoms with Crippen molar-refractivity contribution in [2.24, 2.45) is 0 Å². The van der Waals surface area contributed by atoms with Gasteiger partial charge in [-0.1, -0.05) is 0 Å². The minimum Gasteiger partial charge on any atom is -0.744 e. The van der Waals surface area contributed by atoms with Gasteiger partial charge < -0.3 is 4.55 Å². The molecule has 4 nitrogen and oxygen atoms in total. The number of aromatic nitrogens is 1. The number of hydrogen-bond acceptors (Lipinski definition) is 4. The topological polar surface area (TPSA) is 70.1 Å². The van der Waals surface area contributed by atoms with E-state index in [1.807, 2.05) is 0 Å². The maximum atomic E-state index is 10.2. The van der Waals surface area contributed by atoms with Crippen LogP contribution in [0.25, 0.3) is 0 Å². The van der Waals surface area contributed by atoms with E-state index in [2.05, 4.69) is 4.98 Å². The van der Waals surface area contributed by atoms with Gasteiger partial charge in [0.25, 0.3) is 0 Å². The molecule has 0 aliphatic heterocycles. The average Bonchev–Trinajstić information content (AvgIpc) is 1.88. The Labute approximate surface area is 95.0 Å². The van der Waals surface area contributed by atoms with Crippen molar-refractivity contribution in [2.75, 3.05) is 0 Å². The molecule has 0 aromatic carbocycles. The summed E-state index contributed by atoms with van der Waals surface area (Å²) >= 11 is 0. The van der Waals surface area contributed by atoms with Crippen molar-refractivity contribution in [2.45, 2.75) is 4.90 Å². The van der Waals surface area contributed by atoms with Crippen LogP contribution in [-0.2, 0) is 10.1 Å². The Hall–Kier alpha value is 0.125. The van der Waals surface area contributed by atoms with Gasteiger partial charge in [-0.3, -0.25) is 4.98 Å². The van der Waals surface area contributed by atoms with Crippen molar-refractivity contribution >= 4 is 18.5 Å². The first-order valence-corrected chi connectivity index (χ1v) is 3.87. The van der Waals surface area contributed by atoms with Crippen LogP contribution < -0.4 is 29.6 Å². The Morgan fingerprint density at radius 1 is 1.42 bits per heavy atom. The summed E-state index contributed by atoms with van der Waals surface area (Å²) < 4.78 is 30.7. The Kier molecular flexibility index (Phi) is 6.97. The SMILES string of the molecule is O=S(=O)([O-])c1cccnc1.[B].[Na+]. The van der Waals surface area contributed by atoms with Crippen molar-refractivity contribution < 1.29 is 42.5 Å². The van der Waals surface area contributed by atoms with E-state index in [-0.39, 0.29) is 42.9 Å². The molecule has 0 aliphatic carbocycles. The summed E-state index contributed by atoms with van der Waals surface area (Å²) in [5, 5.41) is 0. The van der Waals surface area contributed by atoms with Gasteiger partial charge in [0.05, 0.1) is 4.90 Å². The molecule has 0 bridgehead atoms. The first-order chi connectivity index (χ1) is 4.61. The van der Waals surface area contributed by atoms with E-state index >= 15 is 0 Å². The second-order valence-electron chi connectivity index (χ2n) is 1.64. The molecular weight excluding hydrogens is 188 g/mol. The van der Waals surface area contributed by atoms with E-state index in [0.717, 1.165) is 6.20 Å². The monoisotopic (exact) mass is 192 g/mol. The molecule has 0 N–H and O–H groups in total. The Morgan fingerprint density at radius 2 is 2.00 bits per heavy atom. The number of rotatable bonds is 1. The zero-order chi connectivity index (χ0) is 7.61. The van der Waals surface area contributed by atoms with E-state index in [1.54, 1.807) is 0 Å². The number of nitrogens with zero attached hydrogens (tertiary/aromatic N) is 1. The molecule has 12 heavy (non-hydrogen) atoms. The third kappa shape index (κ3) is 4.23. The van der Waals surface area contributed by atoms with Crippen LogP contribution in [0, 0.1) is 0 Å². The van der Waals surface area contributed by atoms with Gasteiger partial charge in [0.15, 0.2) is 0 Å². The quantitative estimate of drug-likeness (QED) is 0.343. The van der Waals surface area contributed by atoms with E-state index in [0.29, 0.717) is 0 Å². The molecule has 3 radical (unpaired) electrons. The molecule has 1 aromatic rings. The Bertz CT molecular complexity index is 315. The molecular formula is C5H4BNNaO3S. The molecule has 0 aliphatic rings. The molecule has 1 aromatic heterocycles. The maximum absolute atomic E-state index is 10.2. The zero-order valence-electron chi connectivity index (χ0n) is 6.47. The molecule has 1 rings (SSSR count). The molecule has 0 saturated heterocycles. The minimum atomic E-state index is -4.32. The largest absolute Gasteiger partial charge is 1.00 e. The molecule has 1 heterocycles. The average molecular weight is 192 g/mol. The normalized spacial score (nSPS) is 9.42. The van der Waals surface area contributed by atoms with Crippen molar-refractivity contribution in [3.05, 3.63) is 24.5 Å². The fourth-order valence-electron chi connectivity index (χ4n) is 0.495. The smallest absolute Gasteiger partial charge is 0.744 e. The van der Waals surface area contributed by atoms with Crippen LogP contribution in [0.2, 0.25) is 0 Å². The Morgan fingerprint density at radius 3 is 2.25 bits per heavy atom. The van der Waals surface area contributed by atoms with Crippen molar-refractivity contribution in [3.8, 4) is 0 Å². The third-order valence-electron chi connectivity index (χ3n) is 0.923. The summed E-state index contributed by atoms with van der Waals surface area (Å²) in [5.41, 5.74) is 0. The van der Waals surface area contributed by atoms with E-state index < -0.39 is 10.1 Å². The first kappa shape index (κ1) is 14.6. The summed E-state index contributed by atoms with van der Waals surface area (Å²) in [6, 6.07) is 2.60. The Balaban J connectivity index is 0. The van der Waals surface area contributed by atoms with Crippen molar-refractivity contribution in [3.63, 3.8) is 0 Å². The summed E-state index contributed by atoms with van der Waals surface area (Å²) in [7, 11) is -4.32. The van der Waals surface area contributed by atoms with E-state index in [4.69, 9.17) is 0 Å². The first-order valence-electron chi connectivity index (χ1n) is 2.46. The maximum Gasteiger partial charge on any atom is 1.00 e. The predicted octanol–water partition coefficient (Wildman–Crippen LogP) is -3.39. The third-order valence-corrected chi connectivity index (χ3v) is 1.74. The van der Waals surface area contributed by atoms with Crippen LogP contribution in [0.1, 0.15) is 0 Å². The van der Waals surface area contributed by atoms with E-state index in [1.165, 1.54) is 18.3 Å². The minimum absolute atomic E-state index is 0. The predicted molar refractivity (Wildman–Crippen MR) is 38.0 cm³/mol. The van der Waals surface area contributed by atoms with Gasteiger partial charge in [0.1, 0.15) is 10.1 Å². The number of hydrogen-bond donors (Lipinski definition) is 0. The summed E-state index contributed by atoms with van der Waals surface area (Å²) in [4.78, 5) is 3.18. The van der Waals surface area contributed by atoms with Gasteiger partial charge in [0, 0.05) is 20.8 Å². The molecule has 7 heteroatoms. The van der Waals surface area contributed by atoms with Crippen molar-refractivity contribution in [1.29, 1.82) is 0 Å². The fraction of sp³-hybridized carbons (Fsp3) is 0. The van der Waals surface area contributed by atoms with Gasteiger partial charge in [0.2, 0.25) is 0 Å². The van der Waals surface area contributed by atoms with Gasteiger partial charge >= 0.3 is 29.6 Å². The van der Waals surface area contributed by atoms with Crippen LogP contribution in [0.5, 0.6) is 0 Å². The molecule has 0 fully saturated rings. The van der Waals surface area contributed by atoms with E-state index in [9.17, 15) is 13.0 Å². The zero-order valence-corrected chi connectivity index (χ0v) is 9.28. The van der Waals surface area contributed by atoms with Gasteiger partial charge in [-0.2, -0.15) is 0 Å². The van der Waals surface area contributed by atoms with Crippen molar-refractivity contribution in [1.82, 2.24) is 4.98 Å². The second kappa shape index (κ2) is 5.72. The van der Waals surface area contributed by atoms with Crippen LogP contribution >= 0.6 is 0 Å². The molecule has 0 saturated carbocycles. The molecule has 0 unspecified atom stereocenters. The molecule has 0 amide bonds. The van der Waals surface area contributed by atoms with Crippen LogP contribution in [0.4, 0.5) is 0 Å². The summed E-state index contributed by atoms with van der Waals surface area (Å²) in [6.07, 6.45) is 2.41. The summed E-state index contributed by atoms with van der Waals surface area (Å²) in [6.45, 7) is 0. The van der Waals surface area contributed by atoms with Crippen LogP contribution in [0.3, 0.4) is 0 Å². The summed E-state index contributed by atoms with van der Waals surface area (Å²) in [5.74, 6) is 0. The molecule has 0 spiro atoms. The standard InChI is InChI=1S/C5H5NO3S.B.Na/c7-10(8,9)5-2-1-3-6-4-5;;/h1-4H,(H,7,8,9);;/q;;+1/p-1. The van der Waals surface area contributed by atoms with Gasteiger partial charge in [-0.15, -0.1) is 0 Å². The molecule has 0 atom stereocenters.